The number of aromatic amines is 1. The highest BCUT2D eigenvalue weighted by Crippen LogP contribution is 2.27. The molecule has 0 saturated carbocycles. The summed E-state index contributed by atoms with van der Waals surface area (Å²) in [7, 11) is 0. The monoisotopic (exact) mass is 360 g/mol. The number of fused-ring (bicyclic) bond motifs is 1. The van der Waals surface area contributed by atoms with E-state index in [1.165, 1.54) is 23.1 Å². The summed E-state index contributed by atoms with van der Waals surface area (Å²) in [4.78, 5) is 37.1. The van der Waals surface area contributed by atoms with Crippen molar-refractivity contribution in [1.82, 2.24) is 20.3 Å². The Balaban J connectivity index is 1.63. The van der Waals surface area contributed by atoms with Crippen LogP contribution in [-0.4, -0.2) is 26.6 Å². The van der Waals surface area contributed by atoms with Crippen molar-refractivity contribution in [3.05, 3.63) is 50.9 Å². The highest BCUT2D eigenvalue weighted by Gasteiger charge is 2.12. The van der Waals surface area contributed by atoms with Crippen LogP contribution >= 0.6 is 23.1 Å². The molecule has 0 atom stereocenters. The third-order valence-corrected chi connectivity index (χ3v) is 5.54. The van der Waals surface area contributed by atoms with Crippen molar-refractivity contribution < 1.29 is 4.79 Å². The lowest BCUT2D eigenvalue weighted by Crippen LogP contribution is -2.24. The van der Waals surface area contributed by atoms with E-state index in [-0.39, 0.29) is 17.2 Å². The van der Waals surface area contributed by atoms with E-state index in [1.54, 1.807) is 12.4 Å². The van der Waals surface area contributed by atoms with E-state index < -0.39 is 0 Å². The zero-order valence-corrected chi connectivity index (χ0v) is 14.9. The van der Waals surface area contributed by atoms with Crippen LogP contribution in [0.3, 0.4) is 0 Å². The van der Waals surface area contributed by atoms with Gasteiger partial charge in [0.25, 0.3) is 5.56 Å². The van der Waals surface area contributed by atoms with Crippen molar-refractivity contribution >= 4 is 39.2 Å². The highest BCUT2D eigenvalue weighted by molar-refractivity contribution is 7.99. The van der Waals surface area contributed by atoms with Crippen molar-refractivity contribution in [3.8, 4) is 0 Å². The van der Waals surface area contributed by atoms with Crippen LogP contribution in [0.4, 0.5) is 0 Å². The highest BCUT2D eigenvalue weighted by atomic mass is 32.2. The Morgan fingerprint density at radius 2 is 2.25 bits per heavy atom. The number of carbonyl (C=O) groups excluding carboxylic acids is 1. The lowest BCUT2D eigenvalue weighted by molar-refractivity contribution is -0.118. The number of thiophene rings is 1. The number of aromatic nitrogens is 3. The van der Waals surface area contributed by atoms with Crippen molar-refractivity contribution in [2.75, 3.05) is 5.75 Å². The molecule has 124 valence electrons. The third-order valence-electron chi connectivity index (χ3n) is 3.57. The second kappa shape index (κ2) is 7.14. The number of amides is 1. The Kier molecular flexibility index (Phi) is 4.96. The molecule has 3 aromatic heterocycles. The zero-order chi connectivity index (χ0) is 17.1. The van der Waals surface area contributed by atoms with Crippen LogP contribution in [0.2, 0.25) is 0 Å². The van der Waals surface area contributed by atoms with Gasteiger partial charge >= 0.3 is 0 Å². The molecular formula is C16H16N4O2S2. The molecule has 0 fully saturated rings. The molecular weight excluding hydrogens is 344 g/mol. The van der Waals surface area contributed by atoms with E-state index >= 15 is 0 Å². The summed E-state index contributed by atoms with van der Waals surface area (Å²) in [5.74, 6) is 0.0723. The number of hydrogen-bond acceptors (Lipinski definition) is 6. The fourth-order valence-electron chi connectivity index (χ4n) is 2.19. The van der Waals surface area contributed by atoms with Gasteiger partial charge in [-0.05, 0) is 31.0 Å². The summed E-state index contributed by atoms with van der Waals surface area (Å²) in [6.45, 7) is 4.32. The minimum atomic E-state index is -0.153. The number of pyridine rings is 1. The molecule has 1 amide bonds. The van der Waals surface area contributed by atoms with Crippen molar-refractivity contribution in [3.63, 3.8) is 0 Å². The number of hydrogen-bond donors (Lipinski definition) is 2. The SMILES string of the molecule is Cc1sc2nc(SCC(=O)NCc3cccnc3)[nH]c(=O)c2c1C. The van der Waals surface area contributed by atoms with Gasteiger partial charge in [0, 0.05) is 23.8 Å². The number of aryl methyl sites for hydroxylation is 2. The minimum Gasteiger partial charge on any atom is -0.351 e. The van der Waals surface area contributed by atoms with E-state index in [0.717, 1.165) is 16.0 Å². The fourth-order valence-corrected chi connectivity index (χ4v) is 3.97. The average molecular weight is 360 g/mol. The first kappa shape index (κ1) is 16.7. The Morgan fingerprint density at radius 1 is 1.42 bits per heavy atom. The van der Waals surface area contributed by atoms with Gasteiger partial charge in [0.15, 0.2) is 5.16 Å². The van der Waals surface area contributed by atoms with Gasteiger partial charge in [-0.2, -0.15) is 0 Å². The second-order valence-corrected chi connectivity index (χ2v) is 7.43. The number of H-pyrrole nitrogens is 1. The maximum atomic E-state index is 12.2. The van der Waals surface area contributed by atoms with Gasteiger partial charge in [-0.25, -0.2) is 4.98 Å². The molecule has 24 heavy (non-hydrogen) atoms. The molecule has 6 nitrogen and oxygen atoms in total. The summed E-state index contributed by atoms with van der Waals surface area (Å²) < 4.78 is 0. The first-order chi connectivity index (χ1) is 11.5. The van der Waals surface area contributed by atoms with Crippen LogP contribution in [0.5, 0.6) is 0 Å². The Hall–Kier alpha value is -2.19. The minimum absolute atomic E-state index is 0.120. The molecule has 0 saturated heterocycles. The molecule has 2 N–H and O–H groups in total. The van der Waals surface area contributed by atoms with Gasteiger partial charge in [0.2, 0.25) is 5.91 Å². The van der Waals surface area contributed by atoms with Gasteiger partial charge in [-0.1, -0.05) is 17.8 Å². The first-order valence-corrected chi connectivity index (χ1v) is 9.13. The summed E-state index contributed by atoms with van der Waals surface area (Å²) in [6, 6.07) is 3.72. The van der Waals surface area contributed by atoms with E-state index in [9.17, 15) is 9.59 Å². The number of nitrogens with one attached hydrogen (secondary N) is 2. The first-order valence-electron chi connectivity index (χ1n) is 7.33. The summed E-state index contributed by atoms with van der Waals surface area (Å²) in [5, 5.41) is 3.92. The van der Waals surface area contributed by atoms with Crippen LogP contribution in [0, 0.1) is 13.8 Å². The normalized spacial score (nSPS) is 10.9. The van der Waals surface area contributed by atoms with Crippen molar-refractivity contribution in [2.24, 2.45) is 0 Å². The molecule has 0 spiro atoms. The number of thioether (sulfide) groups is 1. The second-order valence-electron chi connectivity index (χ2n) is 5.26. The van der Waals surface area contributed by atoms with E-state index in [1.807, 2.05) is 26.0 Å². The average Bonchev–Trinajstić information content (AvgIpc) is 2.86. The van der Waals surface area contributed by atoms with Crippen molar-refractivity contribution in [1.29, 1.82) is 0 Å². The molecule has 0 radical (unpaired) electrons. The maximum Gasteiger partial charge on any atom is 0.260 e. The van der Waals surface area contributed by atoms with Crippen LogP contribution < -0.4 is 10.9 Å². The predicted molar refractivity (Wildman–Crippen MR) is 96.5 cm³/mol. The van der Waals surface area contributed by atoms with Crippen LogP contribution in [0.25, 0.3) is 10.2 Å². The van der Waals surface area contributed by atoms with E-state index in [2.05, 4.69) is 20.3 Å². The smallest absolute Gasteiger partial charge is 0.260 e. The lowest BCUT2D eigenvalue weighted by Gasteiger charge is -2.04. The van der Waals surface area contributed by atoms with Gasteiger partial charge in [-0.3, -0.25) is 14.6 Å². The summed E-state index contributed by atoms with van der Waals surface area (Å²) in [5.41, 5.74) is 1.75. The van der Waals surface area contributed by atoms with Gasteiger partial charge in [0.05, 0.1) is 11.1 Å². The Bertz CT molecular complexity index is 934. The molecule has 0 aliphatic heterocycles. The predicted octanol–water partition coefficient (Wildman–Crippen LogP) is 2.40. The number of nitrogens with zero attached hydrogens (tertiary/aromatic N) is 2. The fraction of sp³-hybridized carbons (Fsp3) is 0.250. The van der Waals surface area contributed by atoms with Gasteiger partial charge in [-0.15, -0.1) is 11.3 Å². The Labute approximate surface area is 146 Å². The summed E-state index contributed by atoms with van der Waals surface area (Å²) >= 11 is 2.72. The quantitative estimate of drug-likeness (QED) is 0.539. The maximum absolute atomic E-state index is 12.2. The largest absolute Gasteiger partial charge is 0.351 e. The summed E-state index contributed by atoms with van der Waals surface area (Å²) in [6.07, 6.45) is 3.40. The molecule has 0 bridgehead atoms. The zero-order valence-electron chi connectivity index (χ0n) is 13.3. The van der Waals surface area contributed by atoms with Crippen LogP contribution in [0.1, 0.15) is 16.0 Å². The number of rotatable bonds is 5. The molecule has 3 rings (SSSR count). The topological polar surface area (TPSA) is 87.7 Å². The van der Waals surface area contributed by atoms with Crippen LogP contribution in [0.15, 0.2) is 34.5 Å². The molecule has 8 heteroatoms. The van der Waals surface area contributed by atoms with Gasteiger partial charge in [0.1, 0.15) is 4.83 Å². The molecule has 3 heterocycles. The van der Waals surface area contributed by atoms with Crippen LogP contribution in [-0.2, 0) is 11.3 Å². The molecule has 3 aromatic rings. The van der Waals surface area contributed by atoms with E-state index in [0.29, 0.717) is 21.9 Å². The molecule has 0 unspecified atom stereocenters. The van der Waals surface area contributed by atoms with Crippen molar-refractivity contribution in [2.45, 2.75) is 25.5 Å². The molecule has 0 aliphatic carbocycles. The standard InChI is InChI=1S/C16H16N4O2S2/c1-9-10(2)24-15-13(9)14(22)19-16(20-15)23-8-12(21)18-7-11-4-3-5-17-6-11/h3-6H,7-8H2,1-2H3,(H,18,21)(H,19,20,22). The lowest BCUT2D eigenvalue weighted by atomic mass is 10.2. The Morgan fingerprint density at radius 3 is 3.00 bits per heavy atom. The van der Waals surface area contributed by atoms with Gasteiger partial charge < -0.3 is 10.3 Å². The number of carbonyl (C=O) groups is 1. The van der Waals surface area contributed by atoms with E-state index in [4.69, 9.17) is 0 Å². The third kappa shape index (κ3) is 3.65. The molecule has 0 aliphatic rings. The molecule has 0 aromatic carbocycles.